The van der Waals surface area contributed by atoms with E-state index in [0.717, 1.165) is 0 Å². The summed E-state index contributed by atoms with van der Waals surface area (Å²) in [7, 11) is 0. The Morgan fingerprint density at radius 2 is 1.88 bits per heavy atom. The van der Waals surface area contributed by atoms with E-state index in [0.29, 0.717) is 13.1 Å². The third-order valence-corrected chi connectivity index (χ3v) is 2.63. The Labute approximate surface area is 103 Å². The molecular weight excluding hydrogens is 220 g/mol. The van der Waals surface area contributed by atoms with E-state index < -0.39 is 5.97 Å². The lowest BCUT2D eigenvalue weighted by Gasteiger charge is -2.39. The number of carbonyl (C=O) groups is 2. The summed E-state index contributed by atoms with van der Waals surface area (Å²) in [6.45, 7) is 10.6. The molecule has 0 aliphatic heterocycles. The van der Waals surface area contributed by atoms with Crippen LogP contribution in [-0.2, 0) is 9.59 Å². The van der Waals surface area contributed by atoms with Crippen LogP contribution in [0.4, 0.5) is 0 Å². The van der Waals surface area contributed by atoms with Crippen molar-refractivity contribution in [3.05, 3.63) is 0 Å². The van der Waals surface area contributed by atoms with E-state index in [4.69, 9.17) is 5.11 Å². The lowest BCUT2D eigenvalue weighted by atomic mass is 10.0. The first-order chi connectivity index (χ1) is 7.70. The summed E-state index contributed by atoms with van der Waals surface area (Å²) in [5, 5.41) is 11.5. The van der Waals surface area contributed by atoms with Crippen molar-refractivity contribution >= 4 is 11.9 Å². The maximum absolute atomic E-state index is 11.8. The van der Waals surface area contributed by atoms with Gasteiger partial charge in [-0.15, -0.1) is 0 Å². The molecule has 0 fully saturated rings. The van der Waals surface area contributed by atoms with Crippen molar-refractivity contribution in [2.45, 2.75) is 52.6 Å². The molecule has 0 aromatic heterocycles. The SMILES string of the molecule is CCNC(=O)C(C)N(CCC(=O)O)C(C)(C)C. The average Bonchev–Trinajstić information content (AvgIpc) is 2.15. The zero-order valence-electron chi connectivity index (χ0n) is 11.4. The maximum Gasteiger partial charge on any atom is 0.304 e. The number of likely N-dealkylation sites (N-methyl/N-ethyl adjacent to an activating group) is 1. The maximum atomic E-state index is 11.8. The molecule has 0 spiro atoms. The van der Waals surface area contributed by atoms with Crippen molar-refractivity contribution < 1.29 is 14.7 Å². The second kappa shape index (κ2) is 6.59. The van der Waals surface area contributed by atoms with Gasteiger partial charge < -0.3 is 10.4 Å². The molecule has 1 atom stereocenters. The molecule has 0 aromatic rings. The molecular formula is C12H24N2O3. The smallest absolute Gasteiger partial charge is 0.304 e. The van der Waals surface area contributed by atoms with Gasteiger partial charge in [0.15, 0.2) is 0 Å². The summed E-state index contributed by atoms with van der Waals surface area (Å²) >= 11 is 0. The minimum absolute atomic E-state index is 0.0427. The first kappa shape index (κ1) is 15.9. The predicted molar refractivity (Wildman–Crippen MR) is 66.9 cm³/mol. The molecule has 0 rings (SSSR count). The largest absolute Gasteiger partial charge is 0.481 e. The lowest BCUT2D eigenvalue weighted by molar-refractivity contribution is -0.139. The molecule has 0 radical (unpaired) electrons. The van der Waals surface area contributed by atoms with Crippen LogP contribution in [0, 0.1) is 0 Å². The number of nitrogens with one attached hydrogen (secondary N) is 1. The predicted octanol–water partition coefficient (Wildman–Crippen LogP) is 1.09. The molecule has 5 heteroatoms. The van der Waals surface area contributed by atoms with Gasteiger partial charge in [-0.1, -0.05) is 0 Å². The number of rotatable bonds is 6. The number of carboxylic acids is 1. The molecule has 17 heavy (non-hydrogen) atoms. The molecule has 5 nitrogen and oxygen atoms in total. The molecule has 0 aromatic carbocycles. The summed E-state index contributed by atoms with van der Waals surface area (Å²) in [4.78, 5) is 24.3. The van der Waals surface area contributed by atoms with Gasteiger partial charge in [0.2, 0.25) is 5.91 Å². The van der Waals surface area contributed by atoms with Crippen molar-refractivity contribution in [1.29, 1.82) is 0 Å². The quantitative estimate of drug-likeness (QED) is 0.733. The fraction of sp³-hybridized carbons (Fsp3) is 0.833. The summed E-state index contributed by atoms with van der Waals surface area (Å²) < 4.78 is 0. The van der Waals surface area contributed by atoms with E-state index in [-0.39, 0.29) is 23.9 Å². The number of hydrogen-bond donors (Lipinski definition) is 2. The van der Waals surface area contributed by atoms with Crippen molar-refractivity contribution in [2.75, 3.05) is 13.1 Å². The Balaban J connectivity index is 4.68. The topological polar surface area (TPSA) is 69.6 Å². The standard InChI is InChI=1S/C12H24N2O3/c1-6-13-11(17)9(2)14(12(3,4)5)8-7-10(15)16/h9H,6-8H2,1-5H3,(H,13,17)(H,15,16). The number of amides is 1. The van der Waals surface area contributed by atoms with Gasteiger partial charge in [0.25, 0.3) is 0 Å². The molecule has 100 valence electrons. The highest BCUT2D eigenvalue weighted by molar-refractivity contribution is 5.81. The van der Waals surface area contributed by atoms with Crippen LogP contribution in [0.1, 0.15) is 41.0 Å². The van der Waals surface area contributed by atoms with Crippen LogP contribution in [0.15, 0.2) is 0 Å². The summed E-state index contributed by atoms with van der Waals surface area (Å²) in [6.07, 6.45) is 0.0427. The van der Waals surface area contributed by atoms with Gasteiger partial charge in [0.1, 0.15) is 0 Å². The van der Waals surface area contributed by atoms with Crippen LogP contribution in [0.3, 0.4) is 0 Å². The molecule has 2 N–H and O–H groups in total. The second-order valence-corrected chi connectivity index (χ2v) is 5.08. The van der Waals surface area contributed by atoms with Crippen LogP contribution in [0.25, 0.3) is 0 Å². The third kappa shape index (κ3) is 5.68. The fourth-order valence-corrected chi connectivity index (χ4v) is 1.79. The van der Waals surface area contributed by atoms with E-state index in [9.17, 15) is 9.59 Å². The van der Waals surface area contributed by atoms with E-state index >= 15 is 0 Å². The molecule has 0 saturated carbocycles. The van der Waals surface area contributed by atoms with Gasteiger partial charge in [0.05, 0.1) is 12.5 Å². The third-order valence-electron chi connectivity index (χ3n) is 2.63. The molecule has 1 amide bonds. The van der Waals surface area contributed by atoms with Crippen LogP contribution >= 0.6 is 0 Å². The van der Waals surface area contributed by atoms with E-state index in [1.165, 1.54) is 0 Å². The summed E-state index contributed by atoms with van der Waals surface area (Å²) in [5.41, 5.74) is -0.236. The van der Waals surface area contributed by atoms with Gasteiger partial charge in [-0.2, -0.15) is 0 Å². The van der Waals surface area contributed by atoms with Crippen LogP contribution < -0.4 is 5.32 Å². The number of carbonyl (C=O) groups excluding carboxylic acids is 1. The molecule has 0 aliphatic carbocycles. The minimum Gasteiger partial charge on any atom is -0.481 e. The Kier molecular flexibility index (Phi) is 6.16. The monoisotopic (exact) mass is 244 g/mol. The molecule has 0 saturated heterocycles. The highest BCUT2D eigenvalue weighted by atomic mass is 16.4. The summed E-state index contributed by atoms with van der Waals surface area (Å²) in [5.74, 6) is -0.907. The van der Waals surface area contributed by atoms with Gasteiger partial charge in [-0.3, -0.25) is 14.5 Å². The number of hydrogen-bond acceptors (Lipinski definition) is 3. The summed E-state index contributed by atoms with van der Waals surface area (Å²) in [6, 6.07) is -0.325. The highest BCUT2D eigenvalue weighted by Gasteiger charge is 2.30. The first-order valence-electron chi connectivity index (χ1n) is 5.96. The molecule has 1 unspecified atom stereocenters. The van der Waals surface area contributed by atoms with Crippen LogP contribution in [0.5, 0.6) is 0 Å². The van der Waals surface area contributed by atoms with E-state index in [1.807, 2.05) is 32.6 Å². The normalized spacial score (nSPS) is 13.5. The zero-order valence-corrected chi connectivity index (χ0v) is 11.4. The molecule has 0 aliphatic rings. The second-order valence-electron chi connectivity index (χ2n) is 5.08. The number of aliphatic carboxylic acids is 1. The number of nitrogens with zero attached hydrogens (tertiary/aromatic N) is 1. The van der Waals surface area contributed by atoms with Gasteiger partial charge >= 0.3 is 5.97 Å². The van der Waals surface area contributed by atoms with Crippen molar-refractivity contribution in [2.24, 2.45) is 0 Å². The van der Waals surface area contributed by atoms with Crippen molar-refractivity contribution in [3.8, 4) is 0 Å². The zero-order chi connectivity index (χ0) is 13.6. The first-order valence-corrected chi connectivity index (χ1v) is 5.96. The number of carboxylic acid groups (broad SMARTS) is 1. The Hall–Kier alpha value is -1.10. The Morgan fingerprint density at radius 3 is 2.24 bits per heavy atom. The fourth-order valence-electron chi connectivity index (χ4n) is 1.79. The molecule has 0 bridgehead atoms. The van der Waals surface area contributed by atoms with Gasteiger partial charge in [-0.25, -0.2) is 0 Å². The van der Waals surface area contributed by atoms with Gasteiger partial charge in [0, 0.05) is 18.6 Å². The van der Waals surface area contributed by atoms with Crippen molar-refractivity contribution in [3.63, 3.8) is 0 Å². The Bertz CT molecular complexity index is 271. The van der Waals surface area contributed by atoms with E-state index in [1.54, 1.807) is 6.92 Å². The Morgan fingerprint density at radius 1 is 1.35 bits per heavy atom. The molecule has 0 heterocycles. The minimum atomic E-state index is -0.845. The highest BCUT2D eigenvalue weighted by Crippen LogP contribution is 2.17. The van der Waals surface area contributed by atoms with E-state index in [2.05, 4.69) is 5.32 Å². The van der Waals surface area contributed by atoms with Crippen LogP contribution in [0.2, 0.25) is 0 Å². The van der Waals surface area contributed by atoms with Gasteiger partial charge in [-0.05, 0) is 34.6 Å². The van der Waals surface area contributed by atoms with Crippen molar-refractivity contribution in [1.82, 2.24) is 10.2 Å². The lowest BCUT2D eigenvalue weighted by Crippen LogP contribution is -2.53. The van der Waals surface area contributed by atoms with Crippen LogP contribution in [-0.4, -0.2) is 46.6 Å². The average molecular weight is 244 g/mol.